The molecule has 114 valence electrons. The minimum absolute atomic E-state index is 0.400. The van der Waals surface area contributed by atoms with Crippen molar-refractivity contribution in [1.82, 2.24) is 0 Å². The van der Waals surface area contributed by atoms with E-state index < -0.39 is 18.0 Å². The number of hydrogen-bond donors (Lipinski definition) is 1. The Bertz CT molecular complexity index is 683. The van der Waals surface area contributed by atoms with Gasteiger partial charge in [-0.05, 0) is 50.2 Å². The van der Waals surface area contributed by atoms with Crippen molar-refractivity contribution in [2.75, 3.05) is 5.32 Å². The molecule has 22 heavy (non-hydrogen) atoms. The number of aryl methyl sites for hydroxylation is 1. The van der Waals surface area contributed by atoms with Crippen molar-refractivity contribution in [3.63, 3.8) is 0 Å². The normalized spacial score (nSPS) is 11.6. The fourth-order valence-corrected chi connectivity index (χ4v) is 1.96. The van der Waals surface area contributed by atoms with Crippen molar-refractivity contribution in [3.05, 3.63) is 64.7 Å². The molecular weight excluding hydrogens is 302 g/mol. The number of carbonyl (C=O) groups is 2. The summed E-state index contributed by atoms with van der Waals surface area (Å²) in [6.45, 7) is 3.41. The van der Waals surface area contributed by atoms with Gasteiger partial charge in [-0.3, -0.25) is 4.79 Å². The molecule has 1 N–H and O–H groups in total. The zero-order valence-electron chi connectivity index (χ0n) is 12.3. The average molecular weight is 318 g/mol. The Hall–Kier alpha value is -2.33. The summed E-state index contributed by atoms with van der Waals surface area (Å²) >= 11 is 5.78. The van der Waals surface area contributed by atoms with Gasteiger partial charge in [0.05, 0.1) is 5.56 Å². The molecule has 0 aromatic heterocycles. The second-order valence-electron chi connectivity index (χ2n) is 4.91. The first-order valence-electron chi connectivity index (χ1n) is 6.80. The number of ether oxygens (including phenoxy) is 1. The molecule has 0 heterocycles. The molecule has 1 amide bonds. The zero-order valence-corrected chi connectivity index (χ0v) is 13.1. The molecule has 0 aliphatic rings. The summed E-state index contributed by atoms with van der Waals surface area (Å²) < 4.78 is 5.17. The number of halogens is 1. The Morgan fingerprint density at radius 3 is 2.45 bits per heavy atom. The first kappa shape index (κ1) is 16.0. The highest BCUT2D eigenvalue weighted by Crippen LogP contribution is 2.14. The van der Waals surface area contributed by atoms with Gasteiger partial charge in [-0.25, -0.2) is 4.79 Å². The van der Waals surface area contributed by atoms with Gasteiger partial charge >= 0.3 is 5.97 Å². The molecule has 2 aromatic carbocycles. The minimum atomic E-state index is -0.899. The number of carbonyl (C=O) groups excluding carboxylic acids is 2. The van der Waals surface area contributed by atoms with E-state index in [1.165, 1.54) is 6.92 Å². The Kier molecular flexibility index (Phi) is 5.17. The van der Waals surface area contributed by atoms with Gasteiger partial charge < -0.3 is 10.1 Å². The van der Waals surface area contributed by atoms with E-state index in [0.717, 1.165) is 5.56 Å². The van der Waals surface area contributed by atoms with E-state index in [1.54, 1.807) is 42.5 Å². The lowest BCUT2D eigenvalue weighted by Gasteiger charge is -2.13. The molecule has 1 atom stereocenters. The minimum Gasteiger partial charge on any atom is -0.449 e. The summed E-state index contributed by atoms with van der Waals surface area (Å²) in [5, 5.41) is 3.24. The molecule has 0 fully saturated rings. The average Bonchev–Trinajstić information content (AvgIpc) is 2.49. The predicted octanol–water partition coefficient (Wildman–Crippen LogP) is 3.83. The lowest BCUT2D eigenvalue weighted by Crippen LogP contribution is -2.30. The van der Waals surface area contributed by atoms with Gasteiger partial charge in [0.25, 0.3) is 5.91 Å². The largest absolute Gasteiger partial charge is 0.449 e. The quantitative estimate of drug-likeness (QED) is 0.872. The van der Waals surface area contributed by atoms with Crippen molar-refractivity contribution >= 4 is 29.2 Å². The summed E-state index contributed by atoms with van der Waals surface area (Å²) in [5.74, 6) is -0.925. The second kappa shape index (κ2) is 7.09. The Morgan fingerprint density at radius 2 is 1.82 bits per heavy atom. The van der Waals surface area contributed by atoms with E-state index in [-0.39, 0.29) is 0 Å². The first-order valence-corrected chi connectivity index (χ1v) is 7.17. The van der Waals surface area contributed by atoms with E-state index in [9.17, 15) is 9.59 Å². The van der Waals surface area contributed by atoms with Crippen molar-refractivity contribution < 1.29 is 14.3 Å². The van der Waals surface area contributed by atoms with Crippen LogP contribution in [0.5, 0.6) is 0 Å². The van der Waals surface area contributed by atoms with Crippen LogP contribution in [0, 0.1) is 6.92 Å². The molecule has 0 saturated carbocycles. The number of benzene rings is 2. The van der Waals surface area contributed by atoms with Gasteiger partial charge in [0.1, 0.15) is 0 Å². The highest BCUT2D eigenvalue weighted by Gasteiger charge is 2.19. The molecule has 0 spiro atoms. The van der Waals surface area contributed by atoms with Crippen LogP contribution in [-0.2, 0) is 9.53 Å². The van der Waals surface area contributed by atoms with Gasteiger partial charge in [0.2, 0.25) is 0 Å². The monoisotopic (exact) mass is 317 g/mol. The summed E-state index contributed by atoms with van der Waals surface area (Å²) in [6.07, 6.45) is -0.899. The van der Waals surface area contributed by atoms with Gasteiger partial charge in [0.15, 0.2) is 6.10 Å². The van der Waals surface area contributed by atoms with Gasteiger partial charge in [0, 0.05) is 10.7 Å². The van der Waals surface area contributed by atoms with E-state index in [4.69, 9.17) is 16.3 Å². The smallest absolute Gasteiger partial charge is 0.338 e. The van der Waals surface area contributed by atoms with Crippen molar-refractivity contribution in [3.8, 4) is 0 Å². The van der Waals surface area contributed by atoms with Crippen LogP contribution in [0.1, 0.15) is 22.8 Å². The van der Waals surface area contributed by atoms with E-state index in [1.807, 2.05) is 13.0 Å². The SMILES string of the molecule is Cc1cccc(C(=O)OC(C)C(=O)Nc2ccc(Cl)cc2)c1. The molecule has 0 aliphatic carbocycles. The summed E-state index contributed by atoms with van der Waals surface area (Å²) in [7, 11) is 0. The van der Waals surface area contributed by atoms with E-state index in [0.29, 0.717) is 16.3 Å². The molecule has 0 saturated heterocycles. The predicted molar refractivity (Wildman–Crippen MR) is 86.1 cm³/mol. The van der Waals surface area contributed by atoms with Crippen LogP contribution >= 0.6 is 11.6 Å². The number of rotatable bonds is 4. The van der Waals surface area contributed by atoms with Gasteiger partial charge in [-0.1, -0.05) is 29.3 Å². The lowest BCUT2D eigenvalue weighted by atomic mass is 10.1. The van der Waals surface area contributed by atoms with Crippen LogP contribution in [-0.4, -0.2) is 18.0 Å². The maximum Gasteiger partial charge on any atom is 0.338 e. The van der Waals surface area contributed by atoms with E-state index >= 15 is 0 Å². The molecule has 0 bridgehead atoms. The van der Waals surface area contributed by atoms with Gasteiger partial charge in [-0.2, -0.15) is 0 Å². The van der Waals surface area contributed by atoms with Gasteiger partial charge in [-0.15, -0.1) is 0 Å². The number of amides is 1. The molecule has 0 aliphatic heterocycles. The summed E-state index contributed by atoms with van der Waals surface area (Å²) in [6, 6.07) is 13.7. The topological polar surface area (TPSA) is 55.4 Å². The zero-order chi connectivity index (χ0) is 16.1. The maximum absolute atomic E-state index is 12.0. The van der Waals surface area contributed by atoms with Crippen LogP contribution in [0.2, 0.25) is 5.02 Å². The molecule has 0 radical (unpaired) electrons. The molecular formula is C17H16ClNO3. The summed E-state index contributed by atoms with van der Waals surface area (Å²) in [5.41, 5.74) is 1.96. The number of nitrogens with one attached hydrogen (secondary N) is 1. The highest BCUT2D eigenvalue weighted by atomic mass is 35.5. The van der Waals surface area contributed by atoms with Crippen molar-refractivity contribution in [2.45, 2.75) is 20.0 Å². The third-order valence-corrected chi connectivity index (χ3v) is 3.27. The van der Waals surface area contributed by atoms with Crippen molar-refractivity contribution in [1.29, 1.82) is 0 Å². The number of hydrogen-bond acceptors (Lipinski definition) is 3. The molecule has 2 aromatic rings. The Balaban J connectivity index is 1.96. The first-order chi connectivity index (χ1) is 10.5. The Labute approximate surface area is 134 Å². The maximum atomic E-state index is 12.0. The van der Waals surface area contributed by atoms with E-state index in [2.05, 4.69) is 5.32 Å². The standard InChI is InChI=1S/C17H16ClNO3/c1-11-4-3-5-13(10-11)17(21)22-12(2)16(20)19-15-8-6-14(18)7-9-15/h3-10,12H,1-2H3,(H,19,20). The third-order valence-electron chi connectivity index (χ3n) is 3.02. The van der Waals surface area contributed by atoms with Crippen molar-refractivity contribution in [2.24, 2.45) is 0 Å². The lowest BCUT2D eigenvalue weighted by molar-refractivity contribution is -0.123. The molecule has 5 heteroatoms. The number of anilines is 1. The number of esters is 1. The fourth-order valence-electron chi connectivity index (χ4n) is 1.83. The van der Waals surface area contributed by atoms with Crippen LogP contribution < -0.4 is 5.32 Å². The van der Waals surface area contributed by atoms with Crippen LogP contribution in [0.25, 0.3) is 0 Å². The summed E-state index contributed by atoms with van der Waals surface area (Å²) in [4.78, 5) is 24.0. The van der Waals surface area contributed by atoms with Crippen LogP contribution in [0.4, 0.5) is 5.69 Å². The third kappa shape index (κ3) is 4.33. The highest BCUT2D eigenvalue weighted by molar-refractivity contribution is 6.30. The molecule has 1 unspecified atom stereocenters. The molecule has 4 nitrogen and oxygen atoms in total. The molecule has 2 rings (SSSR count). The van der Waals surface area contributed by atoms with Crippen LogP contribution in [0.3, 0.4) is 0 Å². The second-order valence-corrected chi connectivity index (χ2v) is 5.35. The van der Waals surface area contributed by atoms with Crippen LogP contribution in [0.15, 0.2) is 48.5 Å². The Morgan fingerprint density at radius 1 is 1.14 bits per heavy atom. The fraction of sp³-hybridized carbons (Fsp3) is 0.176.